The lowest BCUT2D eigenvalue weighted by atomic mass is 9.63. The van der Waals surface area contributed by atoms with Gasteiger partial charge in [0.15, 0.2) is 0 Å². The first-order valence-electron chi connectivity index (χ1n) is 16.4. The molecular formula is C38H43NO6Si. The minimum atomic E-state index is -3.03. The zero-order valence-electron chi connectivity index (χ0n) is 26.8. The van der Waals surface area contributed by atoms with E-state index in [1.807, 2.05) is 66.7 Å². The van der Waals surface area contributed by atoms with Crippen LogP contribution in [0.25, 0.3) is 0 Å². The maximum atomic E-state index is 14.3. The predicted octanol–water partition coefficient (Wildman–Crippen LogP) is 6.17. The first-order valence-corrected chi connectivity index (χ1v) is 18.3. The molecule has 1 saturated heterocycles. The van der Waals surface area contributed by atoms with Crippen molar-refractivity contribution < 1.29 is 28.7 Å². The Kier molecular flexibility index (Phi) is 9.03. The zero-order chi connectivity index (χ0) is 32.5. The number of likely N-dealkylation sites (tertiary alicyclic amines) is 1. The third-order valence-electron chi connectivity index (χ3n) is 10.2. The molecule has 2 amide bonds. The van der Waals surface area contributed by atoms with E-state index in [-0.39, 0.29) is 24.2 Å². The number of carbonyl (C=O) groups is 3. The van der Waals surface area contributed by atoms with Gasteiger partial charge in [0.05, 0.1) is 24.5 Å². The van der Waals surface area contributed by atoms with Crippen LogP contribution >= 0.6 is 0 Å². The predicted molar refractivity (Wildman–Crippen MR) is 179 cm³/mol. The standard InChI is InChI=1S/C38H43NO6Si/c1-38(2,3)46(28-18-9-5-10-19-28,29-20-11-6-12-21-29)45-25-32-31-23-27-17-13-14-22-30(27)34(36(41)42)33(31)35(40)39(32)37(43)44-24-26-15-7-4-8-16-26/h4-12,15-16,18-21,23,30-34H,13-14,17,22,24-25H2,1-3H3,(H,41,42)/t30-,31+,32+,33-,34+/m0/s1. The van der Waals surface area contributed by atoms with Crippen molar-refractivity contribution in [3.63, 3.8) is 0 Å². The molecule has 0 unspecified atom stereocenters. The molecule has 1 saturated carbocycles. The van der Waals surface area contributed by atoms with Crippen LogP contribution in [0.3, 0.4) is 0 Å². The summed E-state index contributed by atoms with van der Waals surface area (Å²) in [5.74, 6) is -3.89. The summed E-state index contributed by atoms with van der Waals surface area (Å²) < 4.78 is 13.0. The lowest BCUT2D eigenvalue weighted by molar-refractivity contribution is -0.150. The Morgan fingerprint density at radius 2 is 1.48 bits per heavy atom. The van der Waals surface area contributed by atoms with E-state index in [0.717, 1.165) is 47.2 Å². The lowest BCUT2D eigenvalue weighted by Gasteiger charge is -2.44. The molecule has 2 fully saturated rings. The van der Waals surface area contributed by atoms with Crippen LogP contribution in [0.1, 0.15) is 52.0 Å². The number of carbonyl (C=O) groups excluding carboxylic acids is 2. The van der Waals surface area contributed by atoms with E-state index in [4.69, 9.17) is 9.16 Å². The van der Waals surface area contributed by atoms with Gasteiger partial charge in [0.25, 0.3) is 8.32 Å². The summed E-state index contributed by atoms with van der Waals surface area (Å²) >= 11 is 0. The summed E-state index contributed by atoms with van der Waals surface area (Å²) in [5.41, 5.74) is 1.90. The number of hydrogen-bond donors (Lipinski definition) is 1. The number of hydrogen-bond acceptors (Lipinski definition) is 5. The number of carboxylic acid groups (broad SMARTS) is 1. The molecule has 3 aromatic carbocycles. The van der Waals surface area contributed by atoms with E-state index in [0.29, 0.717) is 0 Å². The molecule has 1 heterocycles. The third-order valence-corrected chi connectivity index (χ3v) is 15.2. The summed E-state index contributed by atoms with van der Waals surface area (Å²) in [5, 5.41) is 12.4. The number of imide groups is 1. The van der Waals surface area contributed by atoms with Gasteiger partial charge in [-0.2, -0.15) is 0 Å². The fourth-order valence-corrected chi connectivity index (χ4v) is 12.8. The number of rotatable bonds is 8. The van der Waals surface area contributed by atoms with Crippen molar-refractivity contribution in [2.75, 3.05) is 6.61 Å². The van der Waals surface area contributed by atoms with Crippen LogP contribution in [0.4, 0.5) is 4.79 Å². The minimum absolute atomic E-state index is 0.00709. The second kappa shape index (κ2) is 13.0. The Morgan fingerprint density at radius 3 is 2.04 bits per heavy atom. The second-order valence-corrected chi connectivity index (χ2v) is 18.2. The fraction of sp³-hybridized carbons (Fsp3) is 0.395. The van der Waals surface area contributed by atoms with Crippen molar-refractivity contribution in [1.82, 2.24) is 4.90 Å². The molecule has 6 rings (SSSR count). The summed E-state index contributed by atoms with van der Waals surface area (Å²) in [6, 6.07) is 29.1. The Hall–Kier alpha value is -4.01. The normalized spacial score (nSPS) is 24.5. The fourth-order valence-electron chi connectivity index (χ4n) is 8.18. The molecule has 240 valence electrons. The van der Waals surface area contributed by atoms with Crippen molar-refractivity contribution in [3.8, 4) is 0 Å². The summed E-state index contributed by atoms with van der Waals surface area (Å²) in [4.78, 5) is 42.3. The van der Waals surface area contributed by atoms with E-state index in [1.165, 1.54) is 4.90 Å². The van der Waals surface area contributed by atoms with Gasteiger partial charge < -0.3 is 14.3 Å². The molecule has 2 aliphatic carbocycles. The molecular weight excluding hydrogens is 595 g/mol. The van der Waals surface area contributed by atoms with Gasteiger partial charge >= 0.3 is 12.1 Å². The van der Waals surface area contributed by atoms with E-state index in [9.17, 15) is 19.5 Å². The molecule has 1 N–H and O–H groups in total. The van der Waals surface area contributed by atoms with Gasteiger partial charge in [0.1, 0.15) is 6.61 Å². The second-order valence-electron chi connectivity index (χ2n) is 13.9. The van der Waals surface area contributed by atoms with Gasteiger partial charge in [-0.3, -0.25) is 9.59 Å². The SMILES string of the molecule is CC(C)(C)[Si](OC[C@@H]1[C@H]2C=C3CCCC[C@@H]3[C@@H](C(=O)O)[C@H]2C(=O)N1C(=O)OCc1ccccc1)(c1ccccc1)c1ccccc1. The van der Waals surface area contributed by atoms with Crippen LogP contribution < -0.4 is 10.4 Å². The van der Waals surface area contributed by atoms with Crippen LogP contribution in [0.5, 0.6) is 0 Å². The average Bonchev–Trinajstić information content (AvgIpc) is 3.34. The van der Waals surface area contributed by atoms with E-state index >= 15 is 0 Å². The van der Waals surface area contributed by atoms with Gasteiger partial charge in [-0.25, -0.2) is 9.69 Å². The first-order chi connectivity index (χ1) is 22.1. The zero-order valence-corrected chi connectivity index (χ0v) is 27.8. The van der Waals surface area contributed by atoms with Crippen LogP contribution in [0.2, 0.25) is 5.04 Å². The molecule has 5 atom stereocenters. The number of amides is 2. The maximum absolute atomic E-state index is 14.3. The highest BCUT2D eigenvalue weighted by Gasteiger charge is 2.60. The van der Waals surface area contributed by atoms with E-state index in [1.54, 1.807) is 0 Å². The number of fused-ring (bicyclic) bond motifs is 2. The number of aliphatic carboxylic acids is 1. The number of ether oxygens (including phenoxy) is 1. The van der Waals surface area contributed by atoms with Crippen molar-refractivity contribution in [2.24, 2.45) is 23.7 Å². The molecule has 46 heavy (non-hydrogen) atoms. The lowest BCUT2D eigenvalue weighted by Crippen LogP contribution is -2.67. The Labute approximate surface area is 272 Å². The minimum Gasteiger partial charge on any atom is -0.481 e. The first kappa shape index (κ1) is 31.9. The van der Waals surface area contributed by atoms with Gasteiger partial charge in [-0.05, 0) is 46.2 Å². The molecule has 1 aliphatic heterocycles. The molecule has 0 spiro atoms. The smallest absolute Gasteiger partial charge is 0.417 e. The summed E-state index contributed by atoms with van der Waals surface area (Å²) in [6.45, 7) is 6.63. The summed E-state index contributed by atoms with van der Waals surface area (Å²) in [7, 11) is -3.03. The average molecular weight is 638 g/mol. The van der Waals surface area contributed by atoms with Crippen molar-refractivity contribution in [3.05, 3.63) is 108 Å². The van der Waals surface area contributed by atoms with Gasteiger partial charge in [0.2, 0.25) is 5.91 Å². The van der Waals surface area contributed by atoms with Gasteiger partial charge in [-0.15, -0.1) is 0 Å². The van der Waals surface area contributed by atoms with Crippen molar-refractivity contribution >= 4 is 36.7 Å². The third kappa shape index (κ3) is 5.73. The molecule has 3 aliphatic rings. The van der Waals surface area contributed by atoms with Crippen LogP contribution in [-0.4, -0.2) is 48.9 Å². The molecule has 3 aromatic rings. The number of allylic oxidation sites excluding steroid dienone is 1. The van der Waals surface area contributed by atoms with Crippen molar-refractivity contribution in [2.45, 2.75) is 64.1 Å². The number of benzene rings is 3. The monoisotopic (exact) mass is 637 g/mol. The Balaban J connectivity index is 1.42. The number of carboxylic acids is 1. The maximum Gasteiger partial charge on any atom is 0.417 e. The molecule has 8 heteroatoms. The molecule has 0 aromatic heterocycles. The van der Waals surface area contributed by atoms with Gasteiger partial charge in [-0.1, -0.05) is 130 Å². The molecule has 0 bridgehead atoms. The Bertz CT molecular complexity index is 1550. The topological polar surface area (TPSA) is 93.1 Å². The highest BCUT2D eigenvalue weighted by atomic mass is 28.4. The highest BCUT2D eigenvalue weighted by molar-refractivity contribution is 6.99. The Morgan fingerprint density at radius 1 is 0.891 bits per heavy atom. The highest BCUT2D eigenvalue weighted by Crippen LogP contribution is 2.51. The summed E-state index contributed by atoms with van der Waals surface area (Å²) in [6.07, 6.45) is 4.83. The van der Waals surface area contributed by atoms with Crippen molar-refractivity contribution in [1.29, 1.82) is 0 Å². The van der Waals surface area contributed by atoms with E-state index < -0.39 is 50.1 Å². The van der Waals surface area contributed by atoms with Crippen LogP contribution in [0, 0.1) is 23.7 Å². The molecule has 0 radical (unpaired) electrons. The molecule has 7 nitrogen and oxygen atoms in total. The van der Waals surface area contributed by atoms with E-state index in [2.05, 4.69) is 51.1 Å². The quantitative estimate of drug-likeness (QED) is 0.235. The number of nitrogens with zero attached hydrogens (tertiary/aromatic N) is 1. The van der Waals surface area contributed by atoms with Crippen LogP contribution in [0.15, 0.2) is 103 Å². The largest absolute Gasteiger partial charge is 0.481 e. The van der Waals surface area contributed by atoms with Gasteiger partial charge in [0, 0.05) is 5.92 Å². The van der Waals surface area contributed by atoms with Crippen LogP contribution in [-0.2, 0) is 25.4 Å².